The number of urea groups is 1. The number of amides is 2. The Morgan fingerprint density at radius 1 is 1.03 bits per heavy atom. The monoisotopic (exact) mass is 456 g/mol. The molecule has 2 aromatic carbocycles. The maximum absolute atomic E-state index is 13.1. The fraction of sp³-hybridized carbons (Fsp3) is 0.409. The van der Waals surface area contributed by atoms with Gasteiger partial charge in [-0.15, -0.1) is 0 Å². The largest absolute Gasteiger partial charge is 0.508 e. The minimum atomic E-state index is -0.285. The van der Waals surface area contributed by atoms with Gasteiger partial charge in [0.25, 0.3) is 0 Å². The number of rotatable bonds is 9. The minimum Gasteiger partial charge on any atom is -0.508 e. The van der Waals surface area contributed by atoms with Gasteiger partial charge in [0.2, 0.25) is 0 Å². The zero-order chi connectivity index (χ0) is 21.4. The van der Waals surface area contributed by atoms with E-state index in [4.69, 9.17) is 34.8 Å². The number of carbonyl (C=O) groups excluding carboxylic acids is 1. The van der Waals surface area contributed by atoms with Crippen LogP contribution in [0.1, 0.15) is 57.6 Å². The highest BCUT2D eigenvalue weighted by Gasteiger charge is 2.23. The van der Waals surface area contributed by atoms with Crippen molar-refractivity contribution in [3.8, 4) is 5.75 Å². The molecule has 0 heterocycles. The molecule has 2 N–H and O–H groups in total. The Balaban J connectivity index is 2.18. The first-order valence-electron chi connectivity index (χ1n) is 9.84. The Morgan fingerprint density at radius 3 is 2.21 bits per heavy atom. The molecule has 0 bridgehead atoms. The standard InChI is InChI=1S/C22H27Cl3N2O2/c1-3-4-5-6-7-12-27(15(2)16-8-10-18(28)11-9-16)22(29)26-21-19(24)13-17(23)14-20(21)25/h8-11,13-15,28H,3-7,12H2,1-2H3,(H,26,29). The van der Waals surface area contributed by atoms with Crippen molar-refractivity contribution in [3.63, 3.8) is 0 Å². The summed E-state index contributed by atoms with van der Waals surface area (Å²) in [6.07, 6.45) is 5.46. The second-order valence-corrected chi connectivity index (χ2v) is 8.30. The first-order valence-corrected chi connectivity index (χ1v) is 11.0. The van der Waals surface area contributed by atoms with Gasteiger partial charge >= 0.3 is 6.03 Å². The Kier molecular flexibility index (Phi) is 9.41. The van der Waals surface area contributed by atoms with Crippen molar-refractivity contribution in [2.75, 3.05) is 11.9 Å². The third kappa shape index (κ3) is 6.98. The summed E-state index contributed by atoms with van der Waals surface area (Å²) in [6, 6.07) is 9.50. The van der Waals surface area contributed by atoms with Crippen LogP contribution in [0.4, 0.5) is 10.5 Å². The van der Waals surface area contributed by atoms with Gasteiger partial charge in [0.15, 0.2) is 0 Å². The van der Waals surface area contributed by atoms with Crippen molar-refractivity contribution in [1.29, 1.82) is 0 Å². The highest BCUT2D eigenvalue weighted by atomic mass is 35.5. The van der Waals surface area contributed by atoms with Crippen LogP contribution in [-0.4, -0.2) is 22.6 Å². The average molecular weight is 458 g/mol. The lowest BCUT2D eigenvalue weighted by molar-refractivity contribution is 0.191. The van der Waals surface area contributed by atoms with E-state index in [0.29, 0.717) is 17.3 Å². The molecule has 0 aliphatic rings. The van der Waals surface area contributed by atoms with Gasteiger partial charge in [-0.3, -0.25) is 0 Å². The number of anilines is 1. The molecule has 2 amide bonds. The molecule has 158 valence electrons. The SMILES string of the molecule is CCCCCCCN(C(=O)Nc1c(Cl)cc(Cl)cc1Cl)C(C)c1ccc(O)cc1. The van der Waals surface area contributed by atoms with E-state index in [1.165, 1.54) is 12.8 Å². The number of benzene rings is 2. The fourth-order valence-corrected chi connectivity index (χ4v) is 4.04. The molecule has 0 aliphatic carbocycles. The maximum atomic E-state index is 13.1. The van der Waals surface area contributed by atoms with Gasteiger partial charge in [0.1, 0.15) is 5.75 Å². The van der Waals surface area contributed by atoms with Crippen LogP contribution in [0, 0.1) is 0 Å². The highest BCUT2D eigenvalue weighted by Crippen LogP contribution is 2.34. The molecule has 4 nitrogen and oxygen atoms in total. The van der Waals surface area contributed by atoms with E-state index in [9.17, 15) is 9.90 Å². The summed E-state index contributed by atoms with van der Waals surface area (Å²) in [5.41, 5.74) is 1.27. The van der Waals surface area contributed by atoms with Gasteiger partial charge in [-0.05, 0) is 43.2 Å². The summed E-state index contributed by atoms with van der Waals surface area (Å²) in [5.74, 6) is 0.191. The van der Waals surface area contributed by atoms with Crippen LogP contribution in [0.25, 0.3) is 0 Å². The molecule has 0 aliphatic heterocycles. The summed E-state index contributed by atoms with van der Waals surface area (Å²) in [5, 5.41) is 13.4. The summed E-state index contributed by atoms with van der Waals surface area (Å²) >= 11 is 18.4. The molecule has 29 heavy (non-hydrogen) atoms. The minimum absolute atomic E-state index is 0.188. The van der Waals surface area contributed by atoms with E-state index in [0.717, 1.165) is 24.8 Å². The molecule has 0 fully saturated rings. The van der Waals surface area contributed by atoms with Gasteiger partial charge in [-0.25, -0.2) is 4.79 Å². The van der Waals surface area contributed by atoms with Crippen molar-refractivity contribution >= 4 is 46.5 Å². The second kappa shape index (κ2) is 11.5. The molecule has 1 atom stereocenters. The normalized spacial score (nSPS) is 11.9. The van der Waals surface area contributed by atoms with E-state index in [1.807, 2.05) is 19.1 Å². The van der Waals surface area contributed by atoms with Crippen molar-refractivity contribution < 1.29 is 9.90 Å². The number of hydrogen-bond donors (Lipinski definition) is 2. The zero-order valence-electron chi connectivity index (χ0n) is 16.7. The number of nitrogens with zero attached hydrogens (tertiary/aromatic N) is 1. The Bertz CT molecular complexity index is 789. The van der Waals surface area contributed by atoms with Gasteiger partial charge in [-0.1, -0.05) is 79.5 Å². The topological polar surface area (TPSA) is 52.6 Å². The lowest BCUT2D eigenvalue weighted by atomic mass is 10.1. The van der Waals surface area contributed by atoms with Crippen LogP contribution in [0.3, 0.4) is 0 Å². The number of phenols is 1. The average Bonchev–Trinajstić information content (AvgIpc) is 2.67. The molecular formula is C22H27Cl3N2O2. The highest BCUT2D eigenvalue weighted by molar-refractivity contribution is 6.42. The van der Waals surface area contributed by atoms with Crippen LogP contribution in [0.2, 0.25) is 15.1 Å². The fourth-order valence-electron chi connectivity index (χ4n) is 3.13. The molecular weight excluding hydrogens is 431 g/mol. The lowest BCUT2D eigenvalue weighted by Crippen LogP contribution is -2.38. The van der Waals surface area contributed by atoms with Crippen LogP contribution < -0.4 is 5.32 Å². The molecule has 1 unspecified atom stereocenters. The van der Waals surface area contributed by atoms with Crippen molar-refractivity contribution in [2.24, 2.45) is 0 Å². The van der Waals surface area contributed by atoms with E-state index >= 15 is 0 Å². The predicted octanol–water partition coefficient (Wildman–Crippen LogP) is 7.92. The quantitative estimate of drug-likeness (QED) is 0.376. The second-order valence-electron chi connectivity index (χ2n) is 7.05. The van der Waals surface area contributed by atoms with Crippen LogP contribution in [0.15, 0.2) is 36.4 Å². The Hall–Kier alpha value is -1.62. The van der Waals surface area contributed by atoms with E-state index in [2.05, 4.69) is 12.2 Å². The number of nitrogens with one attached hydrogen (secondary N) is 1. The molecule has 0 saturated heterocycles. The van der Waals surface area contributed by atoms with E-state index in [-0.39, 0.29) is 27.9 Å². The first-order chi connectivity index (χ1) is 13.8. The number of hydrogen-bond acceptors (Lipinski definition) is 2. The Morgan fingerprint density at radius 2 is 1.62 bits per heavy atom. The van der Waals surface area contributed by atoms with E-state index < -0.39 is 0 Å². The number of phenolic OH excluding ortho intramolecular Hbond substituents is 1. The van der Waals surface area contributed by atoms with Crippen LogP contribution >= 0.6 is 34.8 Å². The van der Waals surface area contributed by atoms with Crippen molar-refractivity contribution in [2.45, 2.75) is 52.0 Å². The molecule has 0 aromatic heterocycles. The summed E-state index contributed by atoms with van der Waals surface area (Å²) < 4.78 is 0. The van der Waals surface area contributed by atoms with E-state index in [1.54, 1.807) is 29.2 Å². The molecule has 2 aromatic rings. The molecule has 0 spiro atoms. The number of aromatic hydroxyl groups is 1. The summed E-state index contributed by atoms with van der Waals surface area (Å²) in [4.78, 5) is 14.9. The van der Waals surface area contributed by atoms with Gasteiger partial charge < -0.3 is 15.3 Å². The molecule has 7 heteroatoms. The first kappa shape index (κ1) is 23.7. The Labute approximate surface area is 187 Å². The summed E-state index contributed by atoms with van der Waals surface area (Å²) in [6.45, 7) is 4.73. The van der Waals surface area contributed by atoms with Gasteiger partial charge in [0.05, 0.1) is 21.8 Å². The summed E-state index contributed by atoms with van der Waals surface area (Å²) in [7, 11) is 0. The van der Waals surface area contributed by atoms with Crippen LogP contribution in [-0.2, 0) is 0 Å². The molecule has 0 radical (unpaired) electrons. The van der Waals surface area contributed by atoms with Gasteiger partial charge in [0, 0.05) is 11.6 Å². The van der Waals surface area contributed by atoms with Crippen molar-refractivity contribution in [3.05, 3.63) is 57.0 Å². The number of halogens is 3. The third-order valence-electron chi connectivity index (χ3n) is 4.85. The van der Waals surface area contributed by atoms with Crippen LogP contribution in [0.5, 0.6) is 5.75 Å². The molecule has 0 saturated carbocycles. The smallest absolute Gasteiger partial charge is 0.322 e. The predicted molar refractivity (Wildman–Crippen MR) is 122 cm³/mol. The maximum Gasteiger partial charge on any atom is 0.322 e. The van der Waals surface area contributed by atoms with Gasteiger partial charge in [-0.2, -0.15) is 0 Å². The number of carbonyl (C=O) groups is 1. The zero-order valence-corrected chi connectivity index (χ0v) is 19.0. The third-order valence-corrected chi connectivity index (χ3v) is 5.66. The molecule has 2 rings (SSSR count). The van der Waals surface area contributed by atoms with Crippen molar-refractivity contribution in [1.82, 2.24) is 4.90 Å². The number of unbranched alkanes of at least 4 members (excludes halogenated alkanes) is 4. The lowest BCUT2D eigenvalue weighted by Gasteiger charge is -2.30.